The average molecular weight is 340 g/mol. The van der Waals surface area contributed by atoms with Crippen LogP contribution in [0.15, 0.2) is 36.4 Å². The molecule has 0 spiro atoms. The van der Waals surface area contributed by atoms with Crippen molar-refractivity contribution in [3.8, 4) is 5.75 Å². The van der Waals surface area contributed by atoms with Gasteiger partial charge in [-0.1, -0.05) is 36.4 Å². The molecule has 1 fully saturated rings. The number of piperidine rings is 1. The lowest BCUT2D eigenvalue weighted by molar-refractivity contribution is -0.133. The predicted octanol–water partition coefficient (Wildman–Crippen LogP) is 2.61. The molecule has 1 heterocycles. The summed E-state index contributed by atoms with van der Waals surface area (Å²) in [4.78, 5) is 25.5. The number of aromatic hydroxyl groups is 1. The smallest absolute Gasteiger partial charge is 0.222 e. The van der Waals surface area contributed by atoms with Crippen LogP contribution in [0.4, 0.5) is 0 Å². The topological polar surface area (TPSA) is 69.6 Å². The number of aryl methyl sites for hydroxylation is 1. The van der Waals surface area contributed by atoms with Crippen LogP contribution < -0.4 is 5.32 Å². The molecule has 2 amide bonds. The molecule has 0 saturated carbocycles. The van der Waals surface area contributed by atoms with E-state index >= 15 is 0 Å². The van der Waals surface area contributed by atoms with Gasteiger partial charge in [-0.25, -0.2) is 0 Å². The Morgan fingerprint density at radius 2 is 2.04 bits per heavy atom. The van der Waals surface area contributed by atoms with E-state index in [9.17, 15) is 14.7 Å². The van der Waals surface area contributed by atoms with E-state index in [1.54, 1.807) is 0 Å². The van der Waals surface area contributed by atoms with Gasteiger partial charge in [-0.2, -0.15) is 0 Å². The zero-order valence-electron chi connectivity index (χ0n) is 14.5. The molecule has 1 aliphatic heterocycles. The molecule has 25 heavy (non-hydrogen) atoms. The number of rotatable bonds is 4. The predicted molar refractivity (Wildman–Crippen MR) is 97.4 cm³/mol. The van der Waals surface area contributed by atoms with E-state index in [0.717, 1.165) is 35.7 Å². The van der Waals surface area contributed by atoms with Crippen LogP contribution >= 0.6 is 0 Å². The van der Waals surface area contributed by atoms with Gasteiger partial charge in [0.15, 0.2) is 0 Å². The van der Waals surface area contributed by atoms with E-state index in [2.05, 4.69) is 5.32 Å². The molecule has 2 aromatic rings. The number of carbonyl (C=O) groups excluding carboxylic acids is 2. The van der Waals surface area contributed by atoms with Gasteiger partial charge in [0, 0.05) is 37.9 Å². The fourth-order valence-electron chi connectivity index (χ4n) is 3.51. The van der Waals surface area contributed by atoms with Crippen molar-refractivity contribution in [3.05, 3.63) is 42.0 Å². The largest absolute Gasteiger partial charge is 0.507 e. The fourth-order valence-corrected chi connectivity index (χ4v) is 3.51. The highest BCUT2D eigenvalue weighted by molar-refractivity contribution is 5.89. The minimum absolute atomic E-state index is 0.0456. The molecule has 1 aliphatic rings. The third-order valence-corrected chi connectivity index (χ3v) is 4.77. The molecule has 3 rings (SSSR count). The second-order valence-corrected chi connectivity index (χ2v) is 6.67. The first-order chi connectivity index (χ1) is 12.0. The minimum atomic E-state index is -0.0552. The number of likely N-dealkylation sites (tertiary alicyclic amines) is 1. The Bertz CT molecular complexity index is 788. The van der Waals surface area contributed by atoms with Gasteiger partial charge in [-0.3, -0.25) is 9.59 Å². The zero-order valence-corrected chi connectivity index (χ0v) is 14.5. The van der Waals surface area contributed by atoms with Crippen LogP contribution in [0.25, 0.3) is 10.8 Å². The number of benzene rings is 2. The molecule has 1 unspecified atom stereocenters. The van der Waals surface area contributed by atoms with Gasteiger partial charge in [0.25, 0.3) is 0 Å². The molecular formula is C20H24N2O3. The molecule has 0 bridgehead atoms. The van der Waals surface area contributed by atoms with Crippen molar-refractivity contribution < 1.29 is 14.7 Å². The Balaban J connectivity index is 1.62. The Labute approximate surface area is 147 Å². The van der Waals surface area contributed by atoms with E-state index in [-0.39, 0.29) is 23.6 Å². The molecule has 2 aromatic carbocycles. The quantitative estimate of drug-likeness (QED) is 0.899. The minimum Gasteiger partial charge on any atom is -0.507 e. The fraction of sp³-hybridized carbons (Fsp3) is 0.400. The number of phenolic OH excluding ortho intramolecular Hbond substituents is 1. The van der Waals surface area contributed by atoms with E-state index in [1.165, 1.54) is 6.92 Å². The average Bonchev–Trinajstić information content (AvgIpc) is 2.61. The lowest BCUT2D eigenvalue weighted by Gasteiger charge is -2.33. The lowest BCUT2D eigenvalue weighted by Crippen LogP contribution is -2.49. The van der Waals surface area contributed by atoms with Gasteiger partial charge in [0.1, 0.15) is 5.75 Å². The van der Waals surface area contributed by atoms with Crippen LogP contribution in [-0.4, -0.2) is 41.0 Å². The van der Waals surface area contributed by atoms with Crippen molar-refractivity contribution in [2.75, 3.05) is 13.1 Å². The van der Waals surface area contributed by atoms with Crippen molar-refractivity contribution >= 4 is 22.6 Å². The van der Waals surface area contributed by atoms with Crippen LogP contribution in [0, 0.1) is 0 Å². The third-order valence-electron chi connectivity index (χ3n) is 4.77. The third kappa shape index (κ3) is 4.10. The molecule has 5 nitrogen and oxygen atoms in total. The van der Waals surface area contributed by atoms with Crippen molar-refractivity contribution in [1.29, 1.82) is 0 Å². The van der Waals surface area contributed by atoms with E-state index < -0.39 is 0 Å². The summed E-state index contributed by atoms with van der Waals surface area (Å²) in [5, 5.41) is 15.1. The van der Waals surface area contributed by atoms with Gasteiger partial charge in [-0.05, 0) is 30.2 Å². The Morgan fingerprint density at radius 1 is 1.24 bits per heavy atom. The van der Waals surface area contributed by atoms with E-state index in [1.807, 2.05) is 41.3 Å². The molecule has 0 aromatic heterocycles. The molecular weight excluding hydrogens is 316 g/mol. The molecule has 132 valence electrons. The van der Waals surface area contributed by atoms with Gasteiger partial charge in [0.2, 0.25) is 11.8 Å². The summed E-state index contributed by atoms with van der Waals surface area (Å²) < 4.78 is 0. The second kappa shape index (κ2) is 7.55. The number of nitrogens with zero attached hydrogens (tertiary/aromatic N) is 1. The van der Waals surface area contributed by atoms with E-state index in [4.69, 9.17) is 0 Å². The number of amides is 2. The number of hydrogen-bond donors (Lipinski definition) is 2. The standard InChI is InChI=1S/C20H24N2O3/c1-14(23)21-17-6-4-12-22(13-17)19(24)11-10-16-9-8-15-5-2-3-7-18(15)20(16)25/h2-3,5,7-9,17,25H,4,6,10-13H2,1H3,(H,21,23). The highest BCUT2D eigenvalue weighted by Crippen LogP contribution is 2.29. The highest BCUT2D eigenvalue weighted by Gasteiger charge is 2.24. The summed E-state index contributed by atoms with van der Waals surface area (Å²) in [5.41, 5.74) is 0.794. The maximum absolute atomic E-state index is 12.5. The summed E-state index contributed by atoms with van der Waals surface area (Å²) in [6, 6.07) is 11.6. The van der Waals surface area contributed by atoms with Crippen LogP contribution in [-0.2, 0) is 16.0 Å². The first kappa shape index (κ1) is 17.3. The lowest BCUT2D eigenvalue weighted by atomic mass is 10.0. The molecule has 2 N–H and O–H groups in total. The van der Waals surface area contributed by atoms with Crippen LogP contribution in [0.5, 0.6) is 5.75 Å². The number of phenols is 1. The van der Waals surface area contributed by atoms with Gasteiger partial charge >= 0.3 is 0 Å². The number of fused-ring (bicyclic) bond motifs is 1. The summed E-state index contributed by atoms with van der Waals surface area (Å²) in [7, 11) is 0. The first-order valence-electron chi connectivity index (χ1n) is 8.79. The Hall–Kier alpha value is -2.56. The number of hydrogen-bond acceptors (Lipinski definition) is 3. The van der Waals surface area contributed by atoms with Crippen LogP contribution in [0.2, 0.25) is 0 Å². The summed E-state index contributed by atoms with van der Waals surface area (Å²) in [5.74, 6) is 0.281. The summed E-state index contributed by atoms with van der Waals surface area (Å²) in [6.45, 7) is 2.81. The molecule has 0 aliphatic carbocycles. The highest BCUT2D eigenvalue weighted by atomic mass is 16.3. The zero-order chi connectivity index (χ0) is 17.8. The van der Waals surface area contributed by atoms with Gasteiger partial charge in [0.05, 0.1) is 0 Å². The summed E-state index contributed by atoms with van der Waals surface area (Å²) in [6.07, 6.45) is 2.68. The van der Waals surface area contributed by atoms with Crippen LogP contribution in [0.1, 0.15) is 31.7 Å². The van der Waals surface area contributed by atoms with Crippen molar-refractivity contribution in [3.63, 3.8) is 0 Å². The molecule has 0 radical (unpaired) electrons. The first-order valence-corrected chi connectivity index (χ1v) is 8.79. The van der Waals surface area contributed by atoms with Crippen molar-refractivity contribution in [2.24, 2.45) is 0 Å². The second-order valence-electron chi connectivity index (χ2n) is 6.67. The van der Waals surface area contributed by atoms with E-state index in [0.29, 0.717) is 19.4 Å². The monoisotopic (exact) mass is 340 g/mol. The normalized spacial score (nSPS) is 17.5. The summed E-state index contributed by atoms with van der Waals surface area (Å²) >= 11 is 0. The maximum atomic E-state index is 12.5. The number of nitrogens with one attached hydrogen (secondary N) is 1. The maximum Gasteiger partial charge on any atom is 0.222 e. The molecule has 5 heteroatoms. The van der Waals surface area contributed by atoms with Crippen molar-refractivity contribution in [2.45, 2.75) is 38.6 Å². The van der Waals surface area contributed by atoms with Crippen LogP contribution in [0.3, 0.4) is 0 Å². The number of carbonyl (C=O) groups is 2. The SMILES string of the molecule is CC(=O)NC1CCCN(C(=O)CCc2ccc3ccccc3c2O)C1. The van der Waals surface area contributed by atoms with Gasteiger partial charge < -0.3 is 15.3 Å². The van der Waals surface area contributed by atoms with Gasteiger partial charge in [-0.15, -0.1) is 0 Å². The Kier molecular flexibility index (Phi) is 5.22. The Morgan fingerprint density at radius 3 is 2.84 bits per heavy atom. The molecule has 1 atom stereocenters. The molecule has 1 saturated heterocycles. The van der Waals surface area contributed by atoms with Crippen molar-refractivity contribution in [1.82, 2.24) is 10.2 Å².